The predicted molar refractivity (Wildman–Crippen MR) is 237 cm³/mol. The first-order valence-corrected chi connectivity index (χ1v) is 19.6. The highest BCUT2D eigenvalue weighted by Crippen LogP contribution is 2.46. The average molecular weight is 719 g/mol. The molecule has 0 spiro atoms. The minimum Gasteiger partial charge on any atom is -0.308 e. The van der Waals surface area contributed by atoms with Crippen molar-refractivity contribution in [3.8, 4) is 27.9 Å². The van der Waals surface area contributed by atoms with Gasteiger partial charge in [0.2, 0.25) is 0 Å². The molecule has 0 aliphatic heterocycles. The Morgan fingerprint density at radius 2 is 0.945 bits per heavy atom. The van der Waals surface area contributed by atoms with Crippen LogP contribution < -0.4 is 4.90 Å². The normalized spacial score (nSPS) is 11.6. The first-order valence-electron chi connectivity index (χ1n) is 18.8. The maximum Gasteiger partial charge on any atom is 0.0702 e. The molecule has 2 heterocycles. The van der Waals surface area contributed by atoms with Crippen LogP contribution in [0.2, 0.25) is 0 Å². The van der Waals surface area contributed by atoms with Gasteiger partial charge in [-0.1, -0.05) is 140 Å². The fourth-order valence-corrected chi connectivity index (χ4v) is 9.50. The zero-order chi connectivity index (χ0) is 36.3. The van der Waals surface area contributed by atoms with Crippen LogP contribution in [0.1, 0.15) is 0 Å². The molecule has 0 amide bonds. The van der Waals surface area contributed by atoms with Gasteiger partial charge >= 0.3 is 0 Å². The van der Waals surface area contributed by atoms with E-state index >= 15 is 0 Å². The molecule has 0 aliphatic carbocycles. The number of thiophene rings is 1. The number of para-hydroxylation sites is 5. The second kappa shape index (κ2) is 12.9. The van der Waals surface area contributed by atoms with Gasteiger partial charge in [-0.3, -0.25) is 0 Å². The number of nitrogens with zero attached hydrogens (tertiary/aromatic N) is 2. The third-order valence-electron chi connectivity index (χ3n) is 11.0. The lowest BCUT2D eigenvalue weighted by Crippen LogP contribution is -2.14. The molecule has 0 atom stereocenters. The maximum absolute atomic E-state index is 2.45. The standard InChI is InChI=1S/C52H34N2S/c1-2-14-37-33-38(26-25-35(37)13-1)36-27-30-40(31-28-36)53(46-19-7-3-15-41(46)39-29-32-52-45(34-39)44-18-6-12-24-51(44)55-52)49-22-10-11-23-50(49)54-47-20-8-4-16-42(47)43-17-5-9-21-48(43)54/h1-34H. The molecule has 3 heteroatoms. The molecule has 2 aromatic heterocycles. The van der Waals surface area contributed by atoms with Gasteiger partial charge in [-0.15, -0.1) is 11.3 Å². The van der Waals surface area contributed by atoms with Crippen LogP contribution in [0.5, 0.6) is 0 Å². The Morgan fingerprint density at radius 1 is 0.364 bits per heavy atom. The molecule has 0 saturated heterocycles. The molecule has 9 aromatic carbocycles. The van der Waals surface area contributed by atoms with Crippen LogP contribution in [0.3, 0.4) is 0 Å². The molecule has 0 fully saturated rings. The zero-order valence-electron chi connectivity index (χ0n) is 29.9. The number of rotatable bonds is 6. The molecule has 0 bridgehead atoms. The third-order valence-corrected chi connectivity index (χ3v) is 12.1. The molecule has 0 saturated carbocycles. The van der Waals surface area contributed by atoms with Crippen molar-refractivity contribution in [3.05, 3.63) is 206 Å². The molecule has 0 radical (unpaired) electrons. The van der Waals surface area contributed by atoms with Crippen LogP contribution in [-0.2, 0) is 0 Å². The summed E-state index contributed by atoms with van der Waals surface area (Å²) in [4.78, 5) is 2.45. The Labute approximate surface area is 323 Å². The van der Waals surface area contributed by atoms with E-state index in [9.17, 15) is 0 Å². The van der Waals surface area contributed by atoms with Crippen LogP contribution in [0.4, 0.5) is 17.1 Å². The Morgan fingerprint density at radius 3 is 1.75 bits per heavy atom. The monoisotopic (exact) mass is 718 g/mol. The van der Waals surface area contributed by atoms with Gasteiger partial charge in [0.1, 0.15) is 0 Å². The van der Waals surface area contributed by atoms with Gasteiger partial charge in [0.15, 0.2) is 0 Å². The van der Waals surface area contributed by atoms with Gasteiger partial charge in [0.25, 0.3) is 0 Å². The van der Waals surface area contributed by atoms with Crippen molar-refractivity contribution in [2.75, 3.05) is 4.90 Å². The fraction of sp³-hybridized carbons (Fsp3) is 0. The van der Waals surface area contributed by atoms with Crippen molar-refractivity contribution >= 4 is 81.1 Å². The molecule has 0 aliphatic rings. The SMILES string of the molecule is c1ccc(N(c2ccc(-c3ccc4ccccc4c3)cc2)c2ccccc2-n2c3ccccc3c3ccccc32)c(-c2ccc3sc4ccccc4c3c2)c1. The molecule has 0 N–H and O–H groups in total. The quantitative estimate of drug-likeness (QED) is 0.166. The largest absolute Gasteiger partial charge is 0.308 e. The fourth-order valence-electron chi connectivity index (χ4n) is 8.41. The lowest BCUT2D eigenvalue weighted by atomic mass is 9.98. The zero-order valence-corrected chi connectivity index (χ0v) is 30.7. The van der Waals surface area contributed by atoms with Gasteiger partial charge in [-0.2, -0.15) is 0 Å². The number of fused-ring (bicyclic) bond motifs is 7. The topological polar surface area (TPSA) is 8.17 Å². The first-order chi connectivity index (χ1) is 27.3. The van der Waals surface area contributed by atoms with E-state index in [-0.39, 0.29) is 0 Å². The van der Waals surface area contributed by atoms with Gasteiger partial charge in [0.05, 0.1) is 28.1 Å². The lowest BCUT2D eigenvalue weighted by Gasteiger charge is -2.30. The summed E-state index contributed by atoms with van der Waals surface area (Å²) < 4.78 is 5.05. The van der Waals surface area contributed by atoms with E-state index in [0.29, 0.717) is 0 Å². The molecule has 0 unspecified atom stereocenters. The second-order valence-corrected chi connectivity index (χ2v) is 15.2. The lowest BCUT2D eigenvalue weighted by molar-refractivity contribution is 1.15. The number of benzene rings is 9. The van der Waals surface area contributed by atoms with Crippen molar-refractivity contribution in [1.82, 2.24) is 4.57 Å². The Hall–Kier alpha value is -6.94. The van der Waals surface area contributed by atoms with E-state index in [1.807, 2.05) is 11.3 Å². The Balaban J connectivity index is 1.14. The van der Waals surface area contributed by atoms with E-state index in [1.165, 1.54) is 75.0 Å². The number of anilines is 3. The predicted octanol–water partition coefficient (Wildman–Crippen LogP) is 15.1. The number of aromatic nitrogens is 1. The Bertz CT molecular complexity index is 3170. The van der Waals surface area contributed by atoms with Crippen molar-refractivity contribution in [3.63, 3.8) is 0 Å². The van der Waals surface area contributed by atoms with Gasteiger partial charge < -0.3 is 9.47 Å². The van der Waals surface area contributed by atoms with E-state index in [1.54, 1.807) is 0 Å². The molecular formula is C52H34N2S. The average Bonchev–Trinajstić information content (AvgIpc) is 3.80. The molecule has 11 rings (SSSR count). The second-order valence-electron chi connectivity index (χ2n) is 14.1. The highest BCUT2D eigenvalue weighted by Gasteiger charge is 2.23. The summed E-state index contributed by atoms with van der Waals surface area (Å²) in [5.74, 6) is 0. The van der Waals surface area contributed by atoms with E-state index < -0.39 is 0 Å². The van der Waals surface area contributed by atoms with Crippen LogP contribution in [-0.4, -0.2) is 4.57 Å². The van der Waals surface area contributed by atoms with Crippen molar-refractivity contribution in [2.45, 2.75) is 0 Å². The molecule has 2 nitrogen and oxygen atoms in total. The van der Waals surface area contributed by atoms with E-state index in [2.05, 4.69) is 216 Å². The molecule has 258 valence electrons. The van der Waals surface area contributed by atoms with Crippen molar-refractivity contribution in [1.29, 1.82) is 0 Å². The van der Waals surface area contributed by atoms with Crippen LogP contribution in [0.15, 0.2) is 206 Å². The van der Waals surface area contributed by atoms with Crippen molar-refractivity contribution < 1.29 is 0 Å². The highest BCUT2D eigenvalue weighted by molar-refractivity contribution is 7.25. The van der Waals surface area contributed by atoms with Crippen LogP contribution in [0, 0.1) is 0 Å². The summed E-state index contributed by atoms with van der Waals surface area (Å²) in [7, 11) is 0. The first kappa shape index (κ1) is 31.6. The number of hydrogen-bond donors (Lipinski definition) is 0. The summed E-state index contributed by atoms with van der Waals surface area (Å²) in [5.41, 5.74) is 11.6. The minimum atomic E-state index is 1.09. The summed E-state index contributed by atoms with van der Waals surface area (Å²) in [6.07, 6.45) is 0. The number of hydrogen-bond acceptors (Lipinski definition) is 2. The van der Waals surface area contributed by atoms with E-state index in [0.717, 1.165) is 22.7 Å². The summed E-state index contributed by atoms with van der Waals surface area (Å²) in [5, 5.41) is 7.59. The van der Waals surface area contributed by atoms with Crippen molar-refractivity contribution in [2.24, 2.45) is 0 Å². The van der Waals surface area contributed by atoms with Crippen LogP contribution >= 0.6 is 11.3 Å². The Kier molecular flexibility index (Phi) is 7.39. The van der Waals surface area contributed by atoms with Gasteiger partial charge in [-0.25, -0.2) is 0 Å². The molecular weight excluding hydrogens is 685 g/mol. The smallest absolute Gasteiger partial charge is 0.0702 e. The molecule has 55 heavy (non-hydrogen) atoms. The summed E-state index contributed by atoms with van der Waals surface area (Å²) in [6, 6.07) is 75.3. The summed E-state index contributed by atoms with van der Waals surface area (Å²) >= 11 is 1.86. The van der Waals surface area contributed by atoms with E-state index in [4.69, 9.17) is 0 Å². The molecule has 11 aromatic rings. The highest BCUT2D eigenvalue weighted by atomic mass is 32.1. The minimum absolute atomic E-state index is 1.09. The third kappa shape index (κ3) is 5.24. The van der Waals surface area contributed by atoms with Crippen LogP contribution in [0.25, 0.3) is 80.7 Å². The maximum atomic E-state index is 2.45. The summed E-state index contributed by atoms with van der Waals surface area (Å²) in [6.45, 7) is 0. The van der Waals surface area contributed by atoms with Gasteiger partial charge in [-0.05, 0) is 94.2 Å². The van der Waals surface area contributed by atoms with Gasteiger partial charge in [0, 0.05) is 42.2 Å².